The van der Waals surface area contributed by atoms with Crippen LogP contribution in [0.4, 0.5) is 0 Å². The highest BCUT2D eigenvalue weighted by atomic mass is 14.8. The molecular formula is C25H45N. The van der Waals surface area contributed by atoms with Crippen LogP contribution >= 0.6 is 0 Å². The molecule has 26 heavy (non-hydrogen) atoms. The zero-order valence-electron chi connectivity index (χ0n) is 19.2. The van der Waals surface area contributed by atoms with Crippen LogP contribution in [0.5, 0.6) is 0 Å². The molecule has 1 nitrogen and oxygen atoms in total. The zero-order chi connectivity index (χ0) is 21.1. The first kappa shape index (κ1) is 24.8. The predicted molar refractivity (Wildman–Crippen MR) is 120 cm³/mol. The first-order valence-electron chi connectivity index (χ1n) is 10.2. The predicted octanol–water partition coefficient (Wildman–Crippen LogP) is 7.81. The fourth-order valence-electron chi connectivity index (χ4n) is 6.04. The minimum absolute atomic E-state index is 0.0952. The van der Waals surface area contributed by atoms with E-state index >= 15 is 0 Å². The van der Waals surface area contributed by atoms with Crippen LogP contribution in [0, 0.1) is 21.7 Å². The van der Waals surface area contributed by atoms with E-state index in [1.165, 1.54) is 5.57 Å². The van der Waals surface area contributed by atoms with Crippen LogP contribution in [0.2, 0.25) is 0 Å². The third-order valence-electron chi connectivity index (χ3n) is 8.33. The van der Waals surface area contributed by atoms with E-state index in [2.05, 4.69) is 88.6 Å². The van der Waals surface area contributed by atoms with Crippen molar-refractivity contribution in [3.63, 3.8) is 0 Å². The minimum atomic E-state index is -0.342. The Morgan fingerprint density at radius 2 is 1.15 bits per heavy atom. The lowest BCUT2D eigenvalue weighted by Gasteiger charge is -2.65. The van der Waals surface area contributed by atoms with Gasteiger partial charge in [0.15, 0.2) is 0 Å². The molecule has 0 fully saturated rings. The summed E-state index contributed by atoms with van der Waals surface area (Å²) in [5.74, 6) is 0. The minimum Gasteiger partial charge on any atom is -0.402 e. The number of hydrogen-bond acceptors (Lipinski definition) is 1. The Morgan fingerprint density at radius 3 is 1.35 bits per heavy atom. The quantitative estimate of drug-likeness (QED) is 0.295. The van der Waals surface area contributed by atoms with Gasteiger partial charge in [-0.05, 0) is 55.9 Å². The normalized spacial score (nSPS) is 15.3. The van der Waals surface area contributed by atoms with Crippen molar-refractivity contribution in [3.8, 4) is 0 Å². The van der Waals surface area contributed by atoms with Gasteiger partial charge in [0.05, 0.1) is 0 Å². The van der Waals surface area contributed by atoms with Gasteiger partial charge in [-0.2, -0.15) is 0 Å². The molecule has 0 rings (SSSR count). The fourth-order valence-corrected chi connectivity index (χ4v) is 6.04. The summed E-state index contributed by atoms with van der Waals surface area (Å²) in [5, 5.41) is 0. The van der Waals surface area contributed by atoms with Crippen LogP contribution < -0.4 is 5.73 Å². The second kappa shape index (κ2) is 8.19. The molecule has 1 heteroatoms. The molecule has 0 radical (unpaired) electrons. The van der Waals surface area contributed by atoms with E-state index in [1.54, 1.807) is 0 Å². The lowest BCUT2D eigenvalue weighted by Crippen LogP contribution is -2.60. The highest BCUT2D eigenvalue weighted by molar-refractivity contribution is 5.39. The number of rotatable bonds is 11. The van der Waals surface area contributed by atoms with Crippen molar-refractivity contribution in [1.82, 2.24) is 0 Å². The molecule has 1 unspecified atom stereocenters. The highest BCUT2D eigenvalue weighted by Gasteiger charge is 2.63. The van der Waals surface area contributed by atoms with E-state index in [-0.39, 0.29) is 21.7 Å². The van der Waals surface area contributed by atoms with Crippen molar-refractivity contribution in [3.05, 3.63) is 48.7 Å². The maximum Gasteiger partial charge on any atom is 0.0225 e. The van der Waals surface area contributed by atoms with Crippen LogP contribution in [0.1, 0.15) is 88.0 Å². The SMILES string of the molecule is C=C(C)C(=C)C(CC)(CC)C(C)(C(=C)N)C(CC)(CC)C(C)(C)C(=C)C. The zero-order valence-corrected chi connectivity index (χ0v) is 19.2. The Labute approximate surface area is 164 Å². The van der Waals surface area contributed by atoms with Gasteiger partial charge in [-0.3, -0.25) is 0 Å². The van der Waals surface area contributed by atoms with Gasteiger partial charge in [0.1, 0.15) is 0 Å². The van der Waals surface area contributed by atoms with Crippen LogP contribution in [-0.4, -0.2) is 0 Å². The molecule has 0 aromatic rings. The molecular weight excluding hydrogens is 314 g/mol. The average Bonchev–Trinajstić information content (AvgIpc) is 2.56. The van der Waals surface area contributed by atoms with Gasteiger partial charge in [-0.25, -0.2) is 0 Å². The number of allylic oxidation sites excluding steroid dienone is 4. The standard InChI is InChI=1S/C25H45N/c1-14-24(15-2,20(9)18(5)6)23(13,21(10)26)25(16-3,17-4)22(11,12)19(7)8/h5,7,9-10,14-17,26H2,1-4,6,8,11-13H3. The molecule has 1 atom stereocenters. The first-order chi connectivity index (χ1) is 11.7. The molecule has 0 spiro atoms. The molecule has 0 aromatic heterocycles. The van der Waals surface area contributed by atoms with E-state index in [1.807, 2.05) is 0 Å². The first-order valence-corrected chi connectivity index (χ1v) is 10.2. The Morgan fingerprint density at radius 1 is 0.769 bits per heavy atom. The van der Waals surface area contributed by atoms with E-state index in [4.69, 9.17) is 5.73 Å². The summed E-state index contributed by atoms with van der Waals surface area (Å²) < 4.78 is 0. The van der Waals surface area contributed by atoms with Crippen molar-refractivity contribution >= 4 is 0 Å². The van der Waals surface area contributed by atoms with Crippen molar-refractivity contribution in [2.75, 3.05) is 0 Å². The molecule has 0 heterocycles. The summed E-state index contributed by atoms with van der Waals surface area (Å²) in [7, 11) is 0. The molecule has 0 saturated heterocycles. The maximum absolute atomic E-state index is 6.69. The monoisotopic (exact) mass is 359 g/mol. The third kappa shape index (κ3) is 3.02. The second-order valence-electron chi connectivity index (χ2n) is 8.89. The van der Waals surface area contributed by atoms with Gasteiger partial charge >= 0.3 is 0 Å². The van der Waals surface area contributed by atoms with E-state index in [9.17, 15) is 0 Å². The molecule has 150 valence electrons. The Balaban J connectivity index is 7.36. The van der Waals surface area contributed by atoms with Crippen LogP contribution in [0.15, 0.2) is 48.7 Å². The lowest BCUT2D eigenvalue weighted by atomic mass is 9.38. The van der Waals surface area contributed by atoms with Gasteiger partial charge in [0.25, 0.3) is 0 Å². The smallest absolute Gasteiger partial charge is 0.0225 e. The van der Waals surface area contributed by atoms with Crippen molar-refractivity contribution in [2.24, 2.45) is 27.4 Å². The molecule has 0 aliphatic heterocycles. The second-order valence-corrected chi connectivity index (χ2v) is 8.89. The van der Waals surface area contributed by atoms with Crippen LogP contribution in [0.25, 0.3) is 0 Å². The number of hydrogen-bond donors (Lipinski definition) is 1. The molecule has 0 aromatic carbocycles. The van der Waals surface area contributed by atoms with Crippen molar-refractivity contribution in [2.45, 2.75) is 88.0 Å². The Bertz CT molecular complexity index is 567. The average molecular weight is 360 g/mol. The van der Waals surface area contributed by atoms with Gasteiger partial charge < -0.3 is 5.73 Å². The van der Waals surface area contributed by atoms with Crippen molar-refractivity contribution in [1.29, 1.82) is 0 Å². The molecule has 2 N–H and O–H groups in total. The molecule has 0 saturated carbocycles. The third-order valence-corrected chi connectivity index (χ3v) is 8.33. The van der Waals surface area contributed by atoms with Gasteiger partial charge in [-0.1, -0.05) is 85.9 Å². The summed E-state index contributed by atoms with van der Waals surface area (Å²) in [6.45, 7) is 37.7. The van der Waals surface area contributed by atoms with Gasteiger partial charge in [0, 0.05) is 16.5 Å². The molecule has 0 amide bonds. The van der Waals surface area contributed by atoms with Gasteiger partial charge in [-0.15, -0.1) is 0 Å². The van der Waals surface area contributed by atoms with E-state index in [0.717, 1.165) is 42.5 Å². The summed E-state index contributed by atoms with van der Waals surface area (Å²) in [5.41, 5.74) is 10.0. The largest absolute Gasteiger partial charge is 0.402 e. The van der Waals surface area contributed by atoms with Crippen molar-refractivity contribution < 1.29 is 0 Å². The van der Waals surface area contributed by atoms with E-state index < -0.39 is 0 Å². The summed E-state index contributed by atoms with van der Waals surface area (Å²) >= 11 is 0. The van der Waals surface area contributed by atoms with Crippen LogP contribution in [-0.2, 0) is 0 Å². The Kier molecular flexibility index (Phi) is 7.80. The summed E-state index contributed by atoms with van der Waals surface area (Å²) in [6, 6.07) is 0. The van der Waals surface area contributed by atoms with E-state index in [0.29, 0.717) is 0 Å². The topological polar surface area (TPSA) is 26.0 Å². The molecule has 0 aliphatic rings. The van der Waals surface area contributed by atoms with Gasteiger partial charge in [0.2, 0.25) is 0 Å². The summed E-state index contributed by atoms with van der Waals surface area (Å²) in [4.78, 5) is 0. The lowest BCUT2D eigenvalue weighted by molar-refractivity contribution is -0.0997. The summed E-state index contributed by atoms with van der Waals surface area (Å²) in [6.07, 6.45) is 3.91. The number of nitrogens with two attached hydrogens (primary N) is 1. The Hall–Kier alpha value is -1.24. The highest BCUT2D eigenvalue weighted by Crippen LogP contribution is 2.70. The maximum atomic E-state index is 6.69. The fraction of sp³-hybridized carbons (Fsp3) is 0.680. The molecule has 0 aliphatic carbocycles. The molecule has 0 bridgehead atoms. The van der Waals surface area contributed by atoms with Crippen LogP contribution in [0.3, 0.4) is 0 Å².